The van der Waals surface area contributed by atoms with Crippen LogP contribution in [0.4, 0.5) is 5.69 Å². The molecule has 2 aromatic carbocycles. The van der Waals surface area contributed by atoms with Crippen molar-refractivity contribution in [1.29, 1.82) is 0 Å². The number of aromatic amines is 1. The van der Waals surface area contributed by atoms with E-state index in [9.17, 15) is 9.59 Å². The molecule has 0 bridgehead atoms. The molecule has 3 rings (SSSR count). The molecule has 2 N–H and O–H groups in total. The molecule has 0 aliphatic carbocycles. The van der Waals surface area contributed by atoms with Gasteiger partial charge in [0.05, 0.1) is 17.6 Å². The number of carbonyl (C=O) groups excluding carboxylic acids is 2. The number of hydrogen-bond acceptors (Lipinski definition) is 4. The summed E-state index contributed by atoms with van der Waals surface area (Å²) in [4.78, 5) is 30.6. The Morgan fingerprint density at radius 1 is 1.13 bits per heavy atom. The van der Waals surface area contributed by atoms with Crippen LogP contribution in [0.5, 0.6) is 0 Å². The van der Waals surface area contributed by atoms with Gasteiger partial charge in [0.15, 0.2) is 0 Å². The van der Waals surface area contributed by atoms with Gasteiger partial charge in [0.2, 0.25) is 0 Å². The van der Waals surface area contributed by atoms with Gasteiger partial charge in [-0.05, 0) is 43.3 Å². The molecule has 0 saturated heterocycles. The van der Waals surface area contributed by atoms with E-state index in [1.807, 2.05) is 36.4 Å². The molecule has 0 aliphatic rings. The molecule has 1 amide bonds. The number of benzene rings is 2. The minimum Gasteiger partial charge on any atom is -0.459 e. The van der Waals surface area contributed by atoms with Crippen molar-refractivity contribution in [3.05, 3.63) is 48.5 Å². The standard InChI is InChI=1S/C17H15N3O3/c1-2-23-17(22)16(21)18-12-9-7-11(8-10-12)15-19-13-5-3-4-6-14(13)20-15/h3-10H,2H2,1H3,(H,18,21)(H,19,20). The van der Waals surface area contributed by atoms with Gasteiger partial charge in [0.25, 0.3) is 0 Å². The molecule has 1 aromatic heterocycles. The van der Waals surface area contributed by atoms with Crippen molar-refractivity contribution in [3.63, 3.8) is 0 Å². The minimum absolute atomic E-state index is 0.164. The zero-order valence-electron chi connectivity index (χ0n) is 12.5. The quantitative estimate of drug-likeness (QED) is 0.575. The van der Waals surface area contributed by atoms with Crippen LogP contribution in [0.2, 0.25) is 0 Å². The highest BCUT2D eigenvalue weighted by molar-refractivity contribution is 6.37. The van der Waals surface area contributed by atoms with Gasteiger partial charge in [-0.3, -0.25) is 4.79 Å². The zero-order valence-corrected chi connectivity index (χ0v) is 12.5. The van der Waals surface area contributed by atoms with Gasteiger partial charge in [-0.25, -0.2) is 9.78 Å². The summed E-state index contributed by atoms with van der Waals surface area (Å²) >= 11 is 0. The summed E-state index contributed by atoms with van der Waals surface area (Å²) in [6.07, 6.45) is 0. The van der Waals surface area contributed by atoms with Crippen molar-refractivity contribution in [2.45, 2.75) is 6.92 Å². The maximum Gasteiger partial charge on any atom is 0.397 e. The van der Waals surface area contributed by atoms with E-state index in [2.05, 4.69) is 20.0 Å². The summed E-state index contributed by atoms with van der Waals surface area (Å²) in [6.45, 7) is 1.81. The molecule has 0 radical (unpaired) electrons. The number of imidazole rings is 1. The van der Waals surface area contributed by atoms with Crippen molar-refractivity contribution in [2.24, 2.45) is 0 Å². The molecule has 0 atom stereocenters. The molecule has 6 heteroatoms. The Morgan fingerprint density at radius 2 is 1.87 bits per heavy atom. The lowest BCUT2D eigenvalue weighted by molar-refractivity contribution is -0.152. The fourth-order valence-electron chi connectivity index (χ4n) is 2.18. The van der Waals surface area contributed by atoms with E-state index in [0.717, 1.165) is 22.4 Å². The van der Waals surface area contributed by atoms with Crippen molar-refractivity contribution in [2.75, 3.05) is 11.9 Å². The molecular formula is C17H15N3O3. The highest BCUT2D eigenvalue weighted by Gasteiger charge is 2.14. The Labute approximate surface area is 132 Å². The Hall–Kier alpha value is -3.15. The summed E-state index contributed by atoms with van der Waals surface area (Å²) < 4.78 is 4.64. The number of nitrogens with one attached hydrogen (secondary N) is 2. The number of para-hydroxylation sites is 2. The van der Waals surface area contributed by atoms with Gasteiger partial charge in [-0.15, -0.1) is 0 Å². The zero-order chi connectivity index (χ0) is 16.2. The van der Waals surface area contributed by atoms with Crippen molar-refractivity contribution in [1.82, 2.24) is 9.97 Å². The lowest BCUT2D eigenvalue weighted by atomic mass is 10.2. The van der Waals surface area contributed by atoms with Gasteiger partial charge in [-0.1, -0.05) is 12.1 Å². The SMILES string of the molecule is CCOC(=O)C(=O)Nc1ccc(-c2nc3ccccc3[nH]2)cc1. The smallest absolute Gasteiger partial charge is 0.397 e. The van der Waals surface area contributed by atoms with Crippen LogP contribution in [0, 0.1) is 0 Å². The second kappa shape index (κ2) is 6.31. The number of esters is 1. The first-order valence-electron chi connectivity index (χ1n) is 7.20. The van der Waals surface area contributed by atoms with E-state index in [4.69, 9.17) is 0 Å². The molecule has 0 aliphatic heterocycles. The third-order valence-corrected chi connectivity index (χ3v) is 3.27. The maximum atomic E-state index is 11.6. The number of rotatable bonds is 3. The molecular weight excluding hydrogens is 294 g/mol. The van der Waals surface area contributed by atoms with Crippen molar-refractivity contribution >= 4 is 28.6 Å². The van der Waals surface area contributed by atoms with Crippen LogP contribution in [-0.4, -0.2) is 28.5 Å². The molecule has 0 fully saturated rings. The first-order chi connectivity index (χ1) is 11.2. The third-order valence-electron chi connectivity index (χ3n) is 3.27. The monoisotopic (exact) mass is 309 g/mol. The largest absolute Gasteiger partial charge is 0.459 e. The van der Waals surface area contributed by atoms with Crippen LogP contribution in [0.3, 0.4) is 0 Å². The van der Waals surface area contributed by atoms with Crippen LogP contribution in [-0.2, 0) is 14.3 Å². The van der Waals surface area contributed by atoms with Crippen LogP contribution in [0.25, 0.3) is 22.4 Å². The number of amides is 1. The third kappa shape index (κ3) is 3.21. The van der Waals surface area contributed by atoms with E-state index in [1.54, 1.807) is 19.1 Å². The van der Waals surface area contributed by atoms with Gasteiger partial charge in [-0.2, -0.15) is 0 Å². The summed E-state index contributed by atoms with van der Waals surface area (Å²) in [6, 6.07) is 14.8. The lowest BCUT2D eigenvalue weighted by Gasteiger charge is -2.05. The van der Waals surface area contributed by atoms with Crippen LogP contribution in [0.15, 0.2) is 48.5 Å². The molecule has 6 nitrogen and oxygen atoms in total. The lowest BCUT2D eigenvalue weighted by Crippen LogP contribution is -2.24. The van der Waals surface area contributed by atoms with Gasteiger partial charge in [0, 0.05) is 11.3 Å². The number of aromatic nitrogens is 2. The Kier molecular flexibility index (Phi) is 4.05. The highest BCUT2D eigenvalue weighted by atomic mass is 16.5. The van der Waals surface area contributed by atoms with E-state index >= 15 is 0 Å². The number of nitrogens with zero attached hydrogens (tertiary/aromatic N) is 1. The Balaban J connectivity index is 1.76. The average molecular weight is 309 g/mol. The minimum atomic E-state index is -0.895. The van der Waals surface area contributed by atoms with Crippen molar-refractivity contribution < 1.29 is 14.3 Å². The second-order valence-corrected chi connectivity index (χ2v) is 4.85. The number of anilines is 1. The molecule has 0 spiro atoms. The van der Waals surface area contributed by atoms with Crippen LogP contribution >= 0.6 is 0 Å². The number of H-pyrrole nitrogens is 1. The fourth-order valence-corrected chi connectivity index (χ4v) is 2.18. The fraction of sp³-hybridized carbons (Fsp3) is 0.118. The predicted molar refractivity (Wildman–Crippen MR) is 86.8 cm³/mol. The number of carbonyl (C=O) groups is 2. The summed E-state index contributed by atoms with van der Waals surface area (Å²) in [5.74, 6) is -0.938. The molecule has 0 saturated carbocycles. The topological polar surface area (TPSA) is 84.1 Å². The Morgan fingerprint density at radius 3 is 2.57 bits per heavy atom. The van der Waals surface area contributed by atoms with Gasteiger partial charge in [0.1, 0.15) is 5.82 Å². The maximum absolute atomic E-state index is 11.6. The first-order valence-corrected chi connectivity index (χ1v) is 7.20. The molecule has 0 unspecified atom stereocenters. The van der Waals surface area contributed by atoms with E-state index in [0.29, 0.717) is 5.69 Å². The highest BCUT2D eigenvalue weighted by Crippen LogP contribution is 2.21. The summed E-state index contributed by atoms with van der Waals surface area (Å²) in [7, 11) is 0. The predicted octanol–water partition coefficient (Wildman–Crippen LogP) is 2.73. The molecule has 1 heterocycles. The molecule has 116 valence electrons. The van der Waals surface area contributed by atoms with E-state index in [1.165, 1.54) is 0 Å². The number of fused-ring (bicyclic) bond motifs is 1. The van der Waals surface area contributed by atoms with Crippen molar-refractivity contribution in [3.8, 4) is 11.4 Å². The van der Waals surface area contributed by atoms with E-state index < -0.39 is 11.9 Å². The molecule has 23 heavy (non-hydrogen) atoms. The number of ether oxygens (including phenoxy) is 1. The van der Waals surface area contributed by atoms with Gasteiger partial charge < -0.3 is 15.0 Å². The number of hydrogen-bond donors (Lipinski definition) is 2. The van der Waals surface area contributed by atoms with Crippen LogP contribution in [0.1, 0.15) is 6.92 Å². The van der Waals surface area contributed by atoms with Crippen LogP contribution < -0.4 is 5.32 Å². The molecule has 3 aromatic rings. The summed E-state index contributed by atoms with van der Waals surface area (Å²) in [5, 5.41) is 2.49. The summed E-state index contributed by atoms with van der Waals surface area (Å²) in [5.41, 5.74) is 3.25. The van der Waals surface area contributed by atoms with E-state index in [-0.39, 0.29) is 6.61 Å². The normalized spacial score (nSPS) is 10.5. The Bertz CT molecular complexity index is 820. The average Bonchev–Trinajstić information content (AvgIpc) is 2.99. The first kappa shape index (κ1) is 14.8. The van der Waals surface area contributed by atoms with Gasteiger partial charge >= 0.3 is 11.9 Å². The second-order valence-electron chi connectivity index (χ2n) is 4.85.